The summed E-state index contributed by atoms with van der Waals surface area (Å²) in [6.45, 7) is 0. The van der Waals surface area contributed by atoms with E-state index in [9.17, 15) is 0 Å². The Balaban J connectivity index is 1.14. The average Bonchev–Trinajstić information content (AvgIpc) is 3.70. The van der Waals surface area contributed by atoms with Crippen molar-refractivity contribution < 1.29 is 0 Å². The SMILES string of the molecule is c1ccc(-c2cc(-c3ccc(-n4c5ccccc5c5c6cc7sc8ccccc8c7cc6ccc54)nc3)cc(-c3ccccn3)c2)nc1. The molecule has 48 heavy (non-hydrogen) atoms. The second-order valence-corrected chi connectivity index (χ2v) is 13.2. The van der Waals surface area contributed by atoms with Gasteiger partial charge in [0.05, 0.1) is 22.4 Å². The monoisotopic (exact) mass is 630 g/mol. The summed E-state index contributed by atoms with van der Waals surface area (Å²) in [6.07, 6.45) is 5.65. The Hall–Kier alpha value is -6.17. The summed E-state index contributed by atoms with van der Waals surface area (Å²) in [5.41, 5.74) is 8.33. The lowest BCUT2D eigenvalue weighted by Gasteiger charge is -2.12. The lowest BCUT2D eigenvalue weighted by molar-refractivity contribution is 1.08. The predicted molar refractivity (Wildman–Crippen MR) is 201 cm³/mol. The molecule has 10 aromatic rings. The molecule has 0 N–H and O–H groups in total. The van der Waals surface area contributed by atoms with Crippen molar-refractivity contribution in [3.63, 3.8) is 0 Å². The van der Waals surface area contributed by atoms with Gasteiger partial charge in [-0.2, -0.15) is 0 Å². The molecule has 0 radical (unpaired) electrons. The van der Waals surface area contributed by atoms with Crippen molar-refractivity contribution in [2.45, 2.75) is 0 Å². The Morgan fingerprint density at radius 1 is 0.438 bits per heavy atom. The smallest absolute Gasteiger partial charge is 0.137 e. The van der Waals surface area contributed by atoms with E-state index in [0.717, 1.165) is 50.5 Å². The van der Waals surface area contributed by atoms with E-state index in [4.69, 9.17) is 4.98 Å². The zero-order chi connectivity index (χ0) is 31.6. The number of hydrogen-bond acceptors (Lipinski definition) is 4. The summed E-state index contributed by atoms with van der Waals surface area (Å²) >= 11 is 1.87. The van der Waals surface area contributed by atoms with Crippen LogP contribution in [0, 0.1) is 0 Å². The molecule has 0 saturated carbocycles. The van der Waals surface area contributed by atoms with Crippen molar-refractivity contribution in [2.24, 2.45) is 0 Å². The van der Waals surface area contributed by atoms with Crippen LogP contribution in [0.2, 0.25) is 0 Å². The highest BCUT2D eigenvalue weighted by molar-refractivity contribution is 7.25. The third-order valence-corrected chi connectivity index (χ3v) is 10.4. The fraction of sp³-hybridized carbons (Fsp3) is 0. The van der Waals surface area contributed by atoms with Gasteiger partial charge >= 0.3 is 0 Å². The van der Waals surface area contributed by atoms with E-state index in [1.165, 1.54) is 41.7 Å². The lowest BCUT2D eigenvalue weighted by atomic mass is 9.97. The molecule has 0 atom stereocenters. The Morgan fingerprint density at radius 3 is 1.88 bits per heavy atom. The molecular formula is C43H26N4S. The fourth-order valence-corrected chi connectivity index (χ4v) is 8.23. The largest absolute Gasteiger partial charge is 0.294 e. The number of fused-ring (bicyclic) bond motifs is 8. The molecule has 5 aromatic heterocycles. The molecule has 5 heteroatoms. The number of para-hydroxylation sites is 1. The zero-order valence-electron chi connectivity index (χ0n) is 25.7. The minimum absolute atomic E-state index is 0.887. The van der Waals surface area contributed by atoms with Crippen molar-refractivity contribution in [3.8, 4) is 39.5 Å². The van der Waals surface area contributed by atoms with Crippen LogP contribution in [0.4, 0.5) is 0 Å². The Morgan fingerprint density at radius 2 is 1.15 bits per heavy atom. The van der Waals surface area contributed by atoms with Gasteiger partial charge in [-0.25, -0.2) is 4.98 Å². The zero-order valence-corrected chi connectivity index (χ0v) is 26.5. The summed E-state index contributed by atoms with van der Waals surface area (Å²) in [4.78, 5) is 14.4. The Kier molecular flexibility index (Phi) is 6.01. The van der Waals surface area contributed by atoms with Crippen LogP contribution in [0.3, 0.4) is 0 Å². The molecule has 0 spiro atoms. The van der Waals surface area contributed by atoms with Gasteiger partial charge in [0, 0.05) is 66.2 Å². The van der Waals surface area contributed by atoms with E-state index in [1.807, 2.05) is 66.3 Å². The molecule has 0 aliphatic heterocycles. The molecule has 0 amide bonds. The molecule has 5 heterocycles. The van der Waals surface area contributed by atoms with Crippen LogP contribution in [0.15, 0.2) is 158 Å². The minimum atomic E-state index is 0.887. The second kappa shape index (κ2) is 10.7. The number of thiophene rings is 1. The topological polar surface area (TPSA) is 43.6 Å². The first kappa shape index (κ1) is 27.0. The Labute approximate surface area is 280 Å². The second-order valence-electron chi connectivity index (χ2n) is 12.1. The quantitative estimate of drug-likeness (QED) is 0.194. The normalized spacial score (nSPS) is 11.8. The molecule has 0 fully saturated rings. The number of hydrogen-bond donors (Lipinski definition) is 0. The third kappa shape index (κ3) is 4.25. The maximum absolute atomic E-state index is 5.10. The number of aromatic nitrogens is 4. The van der Waals surface area contributed by atoms with E-state index in [1.54, 1.807) is 0 Å². The van der Waals surface area contributed by atoms with Crippen molar-refractivity contribution in [3.05, 3.63) is 158 Å². The van der Waals surface area contributed by atoms with E-state index in [0.29, 0.717) is 0 Å². The highest BCUT2D eigenvalue weighted by Gasteiger charge is 2.17. The first-order valence-corrected chi connectivity index (χ1v) is 16.8. The van der Waals surface area contributed by atoms with Crippen LogP contribution in [-0.4, -0.2) is 19.5 Å². The van der Waals surface area contributed by atoms with Crippen molar-refractivity contribution >= 4 is 64.1 Å². The van der Waals surface area contributed by atoms with E-state index in [-0.39, 0.29) is 0 Å². The minimum Gasteiger partial charge on any atom is -0.294 e. The molecule has 0 unspecified atom stereocenters. The summed E-state index contributed by atoms with van der Waals surface area (Å²) in [6, 6.07) is 49.5. The van der Waals surface area contributed by atoms with Gasteiger partial charge in [0.15, 0.2) is 0 Å². The number of pyridine rings is 3. The van der Waals surface area contributed by atoms with Gasteiger partial charge in [-0.3, -0.25) is 14.5 Å². The van der Waals surface area contributed by atoms with Crippen LogP contribution < -0.4 is 0 Å². The van der Waals surface area contributed by atoms with Gasteiger partial charge < -0.3 is 0 Å². The van der Waals surface area contributed by atoms with Crippen LogP contribution in [0.25, 0.3) is 92.2 Å². The summed E-state index contributed by atoms with van der Waals surface area (Å²) in [5, 5.41) is 7.65. The van der Waals surface area contributed by atoms with Crippen molar-refractivity contribution in [1.82, 2.24) is 19.5 Å². The molecule has 0 aliphatic carbocycles. The van der Waals surface area contributed by atoms with Gasteiger partial charge in [0.25, 0.3) is 0 Å². The van der Waals surface area contributed by atoms with E-state index in [2.05, 4.69) is 118 Å². The first-order valence-electron chi connectivity index (χ1n) is 16.0. The molecule has 10 rings (SSSR count). The highest BCUT2D eigenvalue weighted by atomic mass is 32.1. The summed E-state index contributed by atoms with van der Waals surface area (Å²) in [5.74, 6) is 0.887. The third-order valence-electron chi connectivity index (χ3n) is 9.31. The van der Waals surface area contributed by atoms with Gasteiger partial charge in [-0.15, -0.1) is 11.3 Å². The number of rotatable bonds is 4. The lowest BCUT2D eigenvalue weighted by Crippen LogP contribution is -1.97. The fourth-order valence-electron chi connectivity index (χ4n) is 7.10. The Bertz CT molecular complexity index is 2760. The molecular weight excluding hydrogens is 605 g/mol. The number of nitrogens with zero attached hydrogens (tertiary/aromatic N) is 4. The van der Waals surface area contributed by atoms with E-state index < -0.39 is 0 Å². The first-order chi connectivity index (χ1) is 23.8. The molecule has 224 valence electrons. The standard InChI is InChI=1S/C43H26N4S/c1-3-13-38-33(10-1)43-34-25-41-35(32-9-2-4-14-40(32)48-41)24-27(34)15-17-39(43)47(38)42-18-16-28(26-46-42)29-21-30(36-11-5-7-19-44-36)23-31(22-29)37-12-6-8-20-45-37/h1-26H. The van der Waals surface area contributed by atoms with Crippen LogP contribution in [0.1, 0.15) is 0 Å². The van der Waals surface area contributed by atoms with Crippen molar-refractivity contribution in [2.75, 3.05) is 0 Å². The van der Waals surface area contributed by atoms with Crippen molar-refractivity contribution in [1.29, 1.82) is 0 Å². The molecule has 4 nitrogen and oxygen atoms in total. The van der Waals surface area contributed by atoms with Gasteiger partial charge in [-0.05, 0) is 101 Å². The summed E-state index contributed by atoms with van der Waals surface area (Å²) < 4.78 is 4.93. The van der Waals surface area contributed by atoms with Crippen LogP contribution in [0.5, 0.6) is 0 Å². The van der Waals surface area contributed by atoms with Gasteiger partial charge in [-0.1, -0.05) is 54.6 Å². The predicted octanol–water partition coefficient (Wildman–Crippen LogP) is 11.5. The molecule has 0 saturated heterocycles. The maximum Gasteiger partial charge on any atom is 0.137 e. The molecule has 0 aliphatic rings. The average molecular weight is 631 g/mol. The van der Waals surface area contributed by atoms with Crippen LogP contribution in [-0.2, 0) is 0 Å². The van der Waals surface area contributed by atoms with Gasteiger partial charge in [0.2, 0.25) is 0 Å². The highest BCUT2D eigenvalue weighted by Crippen LogP contribution is 2.42. The van der Waals surface area contributed by atoms with Gasteiger partial charge in [0.1, 0.15) is 5.82 Å². The molecule has 0 bridgehead atoms. The summed E-state index contributed by atoms with van der Waals surface area (Å²) in [7, 11) is 0. The maximum atomic E-state index is 5.10. The van der Waals surface area contributed by atoms with Crippen LogP contribution >= 0.6 is 11.3 Å². The number of benzene rings is 5. The van der Waals surface area contributed by atoms with E-state index >= 15 is 0 Å². The molecule has 5 aromatic carbocycles.